The van der Waals surface area contributed by atoms with E-state index in [2.05, 4.69) is 66.3 Å². The molecular weight excluding hydrogens is 264 g/mol. The molecule has 102 valence electrons. The summed E-state index contributed by atoms with van der Waals surface area (Å²) >= 11 is 1.76. The monoisotopic (exact) mass is 282 g/mol. The number of fused-ring (bicyclic) bond motifs is 1. The molecule has 20 heavy (non-hydrogen) atoms. The van der Waals surface area contributed by atoms with Gasteiger partial charge in [-0.1, -0.05) is 49.4 Å². The maximum absolute atomic E-state index is 5.82. The molecule has 2 nitrogen and oxygen atoms in total. The summed E-state index contributed by atoms with van der Waals surface area (Å²) in [7, 11) is 0. The lowest BCUT2D eigenvalue weighted by Crippen LogP contribution is -2.28. The Bertz CT molecular complexity index is 700. The Morgan fingerprint density at radius 1 is 1.10 bits per heavy atom. The molecular formula is C17H18N2S. The molecule has 0 bridgehead atoms. The number of hydrogen-bond acceptors (Lipinski definition) is 3. The first-order valence-corrected chi connectivity index (χ1v) is 7.72. The van der Waals surface area contributed by atoms with Gasteiger partial charge in [-0.2, -0.15) is 0 Å². The van der Waals surface area contributed by atoms with E-state index in [1.165, 1.54) is 26.8 Å². The topological polar surface area (TPSA) is 38.0 Å². The number of nitrogens with one attached hydrogen (secondary N) is 1. The zero-order valence-corrected chi connectivity index (χ0v) is 12.3. The molecule has 0 radical (unpaired) electrons. The van der Waals surface area contributed by atoms with E-state index in [1.54, 1.807) is 11.3 Å². The Labute approximate surface area is 123 Å². The minimum atomic E-state index is 0.0308. The maximum atomic E-state index is 5.82. The van der Waals surface area contributed by atoms with Crippen LogP contribution in [0.4, 0.5) is 0 Å². The number of hydrazine groups is 1. The van der Waals surface area contributed by atoms with Crippen molar-refractivity contribution in [3.05, 3.63) is 70.6 Å². The summed E-state index contributed by atoms with van der Waals surface area (Å²) in [6.07, 6.45) is 1.06. The summed E-state index contributed by atoms with van der Waals surface area (Å²) < 4.78 is 1.30. The summed E-state index contributed by atoms with van der Waals surface area (Å²) in [6.45, 7) is 2.17. The summed E-state index contributed by atoms with van der Waals surface area (Å²) in [5.74, 6) is 5.82. The zero-order valence-electron chi connectivity index (χ0n) is 11.5. The third-order valence-corrected chi connectivity index (χ3v) is 4.69. The van der Waals surface area contributed by atoms with Crippen LogP contribution in [0.15, 0.2) is 53.9 Å². The predicted molar refractivity (Wildman–Crippen MR) is 86.8 cm³/mol. The molecule has 1 atom stereocenters. The number of nitrogens with two attached hydrogens (primary N) is 1. The molecule has 0 amide bonds. The Balaban J connectivity index is 2.06. The molecule has 0 aliphatic carbocycles. The molecule has 0 fully saturated rings. The van der Waals surface area contributed by atoms with Crippen LogP contribution in [0.1, 0.15) is 29.7 Å². The lowest BCUT2D eigenvalue weighted by Gasteiger charge is -2.18. The molecule has 3 rings (SSSR count). The summed E-state index contributed by atoms with van der Waals surface area (Å²) in [6, 6.07) is 17.2. The van der Waals surface area contributed by atoms with Gasteiger partial charge >= 0.3 is 0 Å². The summed E-state index contributed by atoms with van der Waals surface area (Å²) in [5.41, 5.74) is 6.75. The Morgan fingerprint density at radius 2 is 1.90 bits per heavy atom. The van der Waals surface area contributed by atoms with Crippen LogP contribution in [-0.2, 0) is 6.42 Å². The Kier molecular flexibility index (Phi) is 3.83. The number of aryl methyl sites for hydroxylation is 1. The van der Waals surface area contributed by atoms with Crippen molar-refractivity contribution in [2.75, 3.05) is 0 Å². The van der Waals surface area contributed by atoms with Crippen LogP contribution in [0.2, 0.25) is 0 Å². The van der Waals surface area contributed by atoms with Gasteiger partial charge in [0.15, 0.2) is 0 Å². The molecule has 0 spiro atoms. The third kappa shape index (κ3) is 2.36. The quantitative estimate of drug-likeness (QED) is 0.560. The average Bonchev–Trinajstić information content (AvgIpc) is 2.98. The first-order chi connectivity index (χ1) is 9.83. The van der Waals surface area contributed by atoms with Gasteiger partial charge in [0.05, 0.1) is 6.04 Å². The second-order valence-corrected chi connectivity index (χ2v) is 5.80. The van der Waals surface area contributed by atoms with Crippen molar-refractivity contribution in [2.45, 2.75) is 19.4 Å². The molecule has 1 aromatic heterocycles. The highest BCUT2D eigenvalue weighted by molar-refractivity contribution is 7.17. The van der Waals surface area contributed by atoms with Crippen molar-refractivity contribution < 1.29 is 0 Å². The van der Waals surface area contributed by atoms with Gasteiger partial charge in [0.1, 0.15) is 0 Å². The van der Waals surface area contributed by atoms with E-state index in [-0.39, 0.29) is 6.04 Å². The van der Waals surface area contributed by atoms with Crippen LogP contribution in [0.25, 0.3) is 10.1 Å². The van der Waals surface area contributed by atoms with Gasteiger partial charge in [-0.25, -0.2) is 5.43 Å². The zero-order chi connectivity index (χ0) is 13.9. The van der Waals surface area contributed by atoms with Crippen LogP contribution < -0.4 is 11.3 Å². The molecule has 1 unspecified atom stereocenters. The lowest BCUT2D eigenvalue weighted by molar-refractivity contribution is 0.641. The van der Waals surface area contributed by atoms with E-state index in [0.717, 1.165) is 6.42 Å². The normalized spacial score (nSPS) is 12.7. The molecule has 3 aromatic rings. The van der Waals surface area contributed by atoms with Crippen molar-refractivity contribution in [3.8, 4) is 0 Å². The SMILES string of the molecule is CCc1ccc(C(NN)c2cccc3ccsc23)cc1. The first-order valence-electron chi connectivity index (χ1n) is 6.84. The van der Waals surface area contributed by atoms with Crippen LogP contribution in [0, 0.1) is 0 Å². The maximum Gasteiger partial charge on any atom is 0.0723 e. The second kappa shape index (κ2) is 5.75. The highest BCUT2D eigenvalue weighted by atomic mass is 32.1. The fourth-order valence-corrected chi connectivity index (χ4v) is 3.50. The summed E-state index contributed by atoms with van der Waals surface area (Å²) in [5, 5.41) is 3.40. The highest BCUT2D eigenvalue weighted by Gasteiger charge is 2.15. The summed E-state index contributed by atoms with van der Waals surface area (Å²) in [4.78, 5) is 0. The van der Waals surface area contributed by atoms with Gasteiger partial charge < -0.3 is 0 Å². The van der Waals surface area contributed by atoms with E-state index in [4.69, 9.17) is 5.84 Å². The van der Waals surface area contributed by atoms with E-state index >= 15 is 0 Å². The molecule has 0 aliphatic heterocycles. The van der Waals surface area contributed by atoms with Crippen molar-refractivity contribution in [2.24, 2.45) is 5.84 Å². The number of rotatable bonds is 4. The van der Waals surface area contributed by atoms with Crippen molar-refractivity contribution in [1.29, 1.82) is 0 Å². The van der Waals surface area contributed by atoms with Gasteiger partial charge in [-0.05, 0) is 39.9 Å². The molecule has 0 saturated heterocycles. The van der Waals surface area contributed by atoms with Gasteiger partial charge in [0, 0.05) is 4.70 Å². The number of thiophene rings is 1. The second-order valence-electron chi connectivity index (χ2n) is 4.88. The third-order valence-electron chi connectivity index (χ3n) is 3.71. The van der Waals surface area contributed by atoms with Crippen LogP contribution in [-0.4, -0.2) is 0 Å². The standard InChI is InChI=1S/C17H18N2S/c1-2-12-6-8-13(9-7-12)16(19-18)15-5-3-4-14-10-11-20-17(14)15/h3-11,16,19H,2,18H2,1H3. The lowest BCUT2D eigenvalue weighted by atomic mass is 9.97. The van der Waals surface area contributed by atoms with E-state index in [0.29, 0.717) is 0 Å². The minimum Gasteiger partial charge on any atom is -0.271 e. The molecule has 3 heteroatoms. The molecule has 2 aromatic carbocycles. The van der Waals surface area contributed by atoms with Crippen LogP contribution >= 0.6 is 11.3 Å². The predicted octanol–water partition coefficient (Wildman–Crippen LogP) is 4.02. The van der Waals surface area contributed by atoms with Gasteiger partial charge in [-0.15, -0.1) is 11.3 Å². The molecule has 0 aliphatic rings. The van der Waals surface area contributed by atoms with Crippen LogP contribution in [0.5, 0.6) is 0 Å². The van der Waals surface area contributed by atoms with Gasteiger partial charge in [0.2, 0.25) is 0 Å². The van der Waals surface area contributed by atoms with Crippen molar-refractivity contribution in [3.63, 3.8) is 0 Å². The van der Waals surface area contributed by atoms with E-state index < -0.39 is 0 Å². The largest absolute Gasteiger partial charge is 0.271 e. The van der Waals surface area contributed by atoms with Gasteiger partial charge in [-0.3, -0.25) is 5.84 Å². The van der Waals surface area contributed by atoms with E-state index in [9.17, 15) is 0 Å². The molecule has 0 saturated carbocycles. The Morgan fingerprint density at radius 3 is 2.60 bits per heavy atom. The number of hydrogen-bond donors (Lipinski definition) is 2. The fourth-order valence-electron chi connectivity index (χ4n) is 2.55. The highest BCUT2D eigenvalue weighted by Crippen LogP contribution is 2.32. The smallest absolute Gasteiger partial charge is 0.0723 e. The van der Waals surface area contributed by atoms with Crippen molar-refractivity contribution >= 4 is 21.4 Å². The van der Waals surface area contributed by atoms with E-state index in [1.807, 2.05) is 0 Å². The van der Waals surface area contributed by atoms with Crippen molar-refractivity contribution in [1.82, 2.24) is 5.43 Å². The Hall–Kier alpha value is -1.68. The first kappa shape index (κ1) is 13.3. The van der Waals surface area contributed by atoms with Crippen LogP contribution in [0.3, 0.4) is 0 Å². The molecule has 1 heterocycles. The average molecular weight is 282 g/mol. The molecule has 3 N–H and O–H groups in total. The number of benzene rings is 2. The fraction of sp³-hybridized carbons (Fsp3) is 0.176. The van der Waals surface area contributed by atoms with Gasteiger partial charge in [0.25, 0.3) is 0 Å². The minimum absolute atomic E-state index is 0.0308.